The summed E-state index contributed by atoms with van der Waals surface area (Å²) in [5, 5.41) is 20.1. The summed E-state index contributed by atoms with van der Waals surface area (Å²) in [5.74, 6) is -3.29. The molecule has 0 saturated heterocycles. The molecular formula is C10H4FeN4O8. The Bertz CT molecular complexity index is 803. The van der Waals surface area contributed by atoms with E-state index in [-0.39, 0.29) is 17.1 Å². The summed E-state index contributed by atoms with van der Waals surface area (Å²) < 4.78 is 0. The third-order valence-corrected chi connectivity index (χ3v) is 1.86. The van der Waals surface area contributed by atoms with Gasteiger partial charge in [0.15, 0.2) is 22.5 Å². The fraction of sp³-hybridized carbons (Fsp3) is 0. The van der Waals surface area contributed by atoms with Gasteiger partial charge in [0.05, 0.1) is 11.9 Å². The van der Waals surface area contributed by atoms with Crippen LogP contribution in [0.1, 0.15) is 21.0 Å². The maximum absolute atomic E-state index is 10.4. The van der Waals surface area contributed by atoms with Crippen LogP contribution in [0.4, 0.5) is 0 Å². The molecule has 0 aliphatic carbocycles. The molecule has 0 saturated carbocycles. The smallest absolute Gasteiger partial charge is 0.545 e. The van der Waals surface area contributed by atoms with Crippen molar-refractivity contribution >= 4 is 11.9 Å². The molecular weight excluding hydrogens is 360 g/mol. The zero-order chi connectivity index (χ0) is 16.9. The molecule has 0 aliphatic rings. The fourth-order valence-corrected chi connectivity index (χ4v) is 1.08. The van der Waals surface area contributed by atoms with E-state index in [1.807, 2.05) is 0 Å². The van der Waals surface area contributed by atoms with E-state index >= 15 is 0 Å². The van der Waals surface area contributed by atoms with E-state index < -0.39 is 45.8 Å². The van der Waals surface area contributed by atoms with Gasteiger partial charge in [-0.25, -0.2) is 0 Å². The van der Waals surface area contributed by atoms with Gasteiger partial charge in [-0.15, -0.1) is 0 Å². The van der Waals surface area contributed by atoms with Gasteiger partial charge in [-0.05, 0) is 23.5 Å². The molecule has 13 heteroatoms. The van der Waals surface area contributed by atoms with Gasteiger partial charge in [0.25, 0.3) is 0 Å². The number of hydrogen-bond donors (Lipinski definition) is 2. The van der Waals surface area contributed by atoms with Crippen molar-refractivity contribution in [3.8, 4) is 0 Å². The van der Waals surface area contributed by atoms with Crippen molar-refractivity contribution < 1.29 is 36.9 Å². The molecule has 2 N–H and O–H groups in total. The van der Waals surface area contributed by atoms with E-state index in [1.165, 1.54) is 0 Å². The maximum Gasteiger partial charge on any atom is 4.00 e. The molecule has 2 aromatic rings. The zero-order valence-corrected chi connectivity index (χ0v) is 11.8. The van der Waals surface area contributed by atoms with Crippen molar-refractivity contribution in [1.29, 1.82) is 0 Å². The predicted octanol–water partition coefficient (Wildman–Crippen LogP) is -5.89. The predicted molar refractivity (Wildman–Crippen MR) is 62.0 cm³/mol. The minimum atomic E-state index is -1.65. The second-order valence-corrected chi connectivity index (χ2v) is 3.45. The number of nitrogens with one attached hydrogen (secondary N) is 2. The van der Waals surface area contributed by atoms with Crippen LogP contribution in [0, 0.1) is 0 Å². The standard InChI is InChI=1S/2C5H4N2O4.Fe/c2*8-3-1-2(4(9)10)6-5(11)7-3;/h2*1H,(H3,6,7,8,9,10,11);/q;;+4/p-4. The van der Waals surface area contributed by atoms with Crippen molar-refractivity contribution in [2.75, 3.05) is 0 Å². The number of aromatic nitrogens is 4. The topological polar surface area (TPSA) is 208 Å². The molecule has 0 aromatic carbocycles. The number of nitrogens with zero attached hydrogens (tertiary/aromatic N) is 2. The van der Waals surface area contributed by atoms with Crippen LogP contribution in [0.25, 0.3) is 0 Å². The zero-order valence-electron chi connectivity index (χ0n) is 10.7. The monoisotopic (exact) mass is 364 g/mol. The molecule has 2 heterocycles. The SMILES string of the molecule is O=C([O-])c1cc(=O)[nH]c(=O)[n-]1.O=C([O-])c1cc(=O)[nH]c(=O)[n-]1.[Fe+4]. The van der Waals surface area contributed by atoms with Crippen LogP contribution in [-0.2, 0) is 17.1 Å². The van der Waals surface area contributed by atoms with Crippen molar-refractivity contribution in [2.24, 2.45) is 0 Å². The molecule has 0 aliphatic heterocycles. The number of H-pyrrole nitrogens is 2. The quantitative estimate of drug-likeness (QED) is 0.482. The first-order valence-corrected chi connectivity index (χ1v) is 5.18. The van der Waals surface area contributed by atoms with E-state index in [0.717, 1.165) is 0 Å². The van der Waals surface area contributed by atoms with E-state index in [2.05, 4.69) is 9.97 Å². The van der Waals surface area contributed by atoms with Gasteiger partial charge in [0, 0.05) is 0 Å². The second kappa shape index (κ2) is 8.31. The first-order chi connectivity index (χ1) is 10.2. The van der Waals surface area contributed by atoms with Gasteiger partial charge in [0.2, 0.25) is 0 Å². The number of hydrogen-bond acceptors (Lipinski definition) is 8. The van der Waals surface area contributed by atoms with E-state index in [0.29, 0.717) is 12.1 Å². The fourth-order valence-electron chi connectivity index (χ4n) is 1.08. The summed E-state index contributed by atoms with van der Waals surface area (Å²) in [5.41, 5.74) is -4.89. The van der Waals surface area contributed by atoms with Crippen molar-refractivity contribution in [1.82, 2.24) is 19.9 Å². The first kappa shape index (κ1) is 19.8. The van der Waals surface area contributed by atoms with Crippen molar-refractivity contribution in [3.63, 3.8) is 0 Å². The van der Waals surface area contributed by atoms with Crippen molar-refractivity contribution in [2.45, 2.75) is 0 Å². The molecule has 0 unspecified atom stereocenters. The van der Waals surface area contributed by atoms with E-state index in [4.69, 9.17) is 0 Å². The number of carboxylic acid groups (broad SMARTS) is 2. The molecule has 0 fully saturated rings. The van der Waals surface area contributed by atoms with Crippen LogP contribution in [0.5, 0.6) is 0 Å². The first-order valence-electron chi connectivity index (χ1n) is 5.18. The Morgan fingerprint density at radius 2 is 1.09 bits per heavy atom. The molecule has 0 atom stereocenters. The summed E-state index contributed by atoms with van der Waals surface area (Å²) in [7, 11) is 0. The molecule has 120 valence electrons. The molecule has 0 amide bonds. The Morgan fingerprint density at radius 3 is 1.30 bits per heavy atom. The largest absolute Gasteiger partial charge is 4.00 e. The summed E-state index contributed by atoms with van der Waals surface area (Å²) >= 11 is 0. The average Bonchev–Trinajstić information content (AvgIpc) is 2.37. The van der Waals surface area contributed by atoms with Crippen LogP contribution in [-0.4, -0.2) is 21.9 Å². The number of aromatic amines is 2. The Labute approximate surface area is 134 Å². The normalized spacial score (nSPS) is 9.04. The van der Waals surface area contributed by atoms with Gasteiger partial charge in [-0.2, -0.15) is 0 Å². The third kappa shape index (κ3) is 6.41. The summed E-state index contributed by atoms with van der Waals surface area (Å²) in [6.07, 6.45) is 0. The van der Waals surface area contributed by atoms with Crippen molar-refractivity contribution in [3.05, 3.63) is 65.2 Å². The summed E-state index contributed by atoms with van der Waals surface area (Å²) in [6.45, 7) is 0. The Kier molecular flexibility index (Phi) is 7.16. The Morgan fingerprint density at radius 1 is 0.783 bits per heavy atom. The molecule has 2 aromatic heterocycles. The van der Waals surface area contributed by atoms with E-state index in [9.17, 15) is 39.0 Å². The number of aromatic carboxylic acids is 2. The average molecular weight is 364 g/mol. The minimum absolute atomic E-state index is 0. The number of carboxylic acids is 2. The molecule has 23 heavy (non-hydrogen) atoms. The Balaban J connectivity index is 0.000000403. The maximum atomic E-state index is 10.4. The van der Waals surface area contributed by atoms with E-state index in [1.54, 1.807) is 9.97 Å². The van der Waals surface area contributed by atoms with Crippen LogP contribution in [0.15, 0.2) is 31.3 Å². The van der Waals surface area contributed by atoms with Crippen LogP contribution >= 0.6 is 0 Å². The van der Waals surface area contributed by atoms with Crippen LogP contribution in [0.3, 0.4) is 0 Å². The molecule has 2 rings (SSSR count). The summed E-state index contributed by atoms with van der Waals surface area (Å²) in [6, 6.07) is 1.35. The van der Waals surface area contributed by atoms with Gasteiger partial charge in [-0.1, -0.05) is 0 Å². The summed E-state index contributed by atoms with van der Waals surface area (Å²) in [4.78, 5) is 71.1. The number of carbonyl (C=O) groups is 2. The van der Waals surface area contributed by atoms with Gasteiger partial charge >= 0.3 is 17.1 Å². The number of rotatable bonds is 2. The third-order valence-electron chi connectivity index (χ3n) is 1.86. The minimum Gasteiger partial charge on any atom is -0.545 e. The van der Waals surface area contributed by atoms with Gasteiger partial charge in [0.1, 0.15) is 0 Å². The molecule has 12 nitrogen and oxygen atoms in total. The van der Waals surface area contributed by atoms with Gasteiger partial charge < -0.3 is 39.7 Å². The number of carbonyl (C=O) groups excluding carboxylic acids is 2. The molecule has 0 bridgehead atoms. The second-order valence-electron chi connectivity index (χ2n) is 3.45. The molecule has 0 radical (unpaired) electrons. The van der Waals surface area contributed by atoms with Crippen LogP contribution < -0.4 is 42.7 Å². The Hall–Kier alpha value is -3.18. The van der Waals surface area contributed by atoms with Crippen LogP contribution in [0.2, 0.25) is 0 Å². The molecule has 0 spiro atoms. The van der Waals surface area contributed by atoms with Gasteiger partial charge in [-0.3, -0.25) is 19.2 Å².